The van der Waals surface area contributed by atoms with E-state index < -0.39 is 15.1 Å². The third-order valence-corrected chi connectivity index (χ3v) is 19.4. The van der Waals surface area contributed by atoms with Gasteiger partial charge in [-0.2, -0.15) is 0 Å². The highest BCUT2D eigenvalue weighted by molar-refractivity contribution is 7.99. The van der Waals surface area contributed by atoms with E-state index in [-0.39, 0.29) is 11.3 Å². The van der Waals surface area contributed by atoms with Gasteiger partial charge in [0.25, 0.3) is 0 Å². The highest BCUT2D eigenvalue weighted by Crippen LogP contribution is 2.68. The minimum atomic E-state index is -2.01. The Kier molecular flexibility index (Phi) is 19.3. The SMILES string of the molecule is [B][P+]([C@H](C)COCc1ccccc1)([C@H](C)COCc1ccccc1)[C@@H](C)CC[C@H](C)P([C@H](C)COCc1ccccc1)[C@H](C)COCc1ccccc1. The summed E-state index contributed by atoms with van der Waals surface area (Å²) in [5.74, 6) is 0. The minimum absolute atomic E-state index is 0.254. The molecule has 4 aromatic carbocycles. The molecule has 0 aromatic heterocycles. The Balaban J connectivity index is 1.42. The van der Waals surface area contributed by atoms with Crippen LogP contribution in [0.15, 0.2) is 121 Å². The van der Waals surface area contributed by atoms with Crippen LogP contribution in [0.2, 0.25) is 0 Å². The maximum Gasteiger partial charge on any atom is 0.366 e. The molecule has 0 spiro atoms. The molecule has 0 unspecified atom stereocenters. The summed E-state index contributed by atoms with van der Waals surface area (Å²) < 4.78 is 25.4. The molecule has 0 saturated heterocycles. The first-order valence-corrected chi connectivity index (χ1v) is 23.2. The maximum absolute atomic E-state index is 7.73. The second-order valence-corrected chi connectivity index (χ2v) is 23.0. The zero-order valence-corrected chi connectivity index (χ0v) is 35.0. The monoisotopic (exact) mass is 753 g/mol. The second-order valence-electron chi connectivity index (χ2n) is 15.0. The maximum atomic E-state index is 7.73. The van der Waals surface area contributed by atoms with Crippen molar-refractivity contribution in [2.75, 3.05) is 26.4 Å². The van der Waals surface area contributed by atoms with Crippen molar-refractivity contribution in [2.45, 2.75) is 115 Å². The summed E-state index contributed by atoms with van der Waals surface area (Å²) in [6.45, 7) is 19.6. The van der Waals surface area contributed by atoms with Crippen LogP contribution in [0, 0.1) is 0 Å². The number of rotatable bonds is 25. The van der Waals surface area contributed by atoms with Crippen LogP contribution in [0.1, 0.15) is 76.6 Å². The third-order valence-electron chi connectivity index (χ3n) is 10.7. The van der Waals surface area contributed by atoms with Gasteiger partial charge in [0.2, 0.25) is 0 Å². The molecule has 0 N–H and O–H groups in total. The molecule has 2 radical (unpaired) electrons. The molecule has 7 heteroatoms. The second kappa shape index (κ2) is 23.5. The quantitative estimate of drug-likeness (QED) is 0.0499. The van der Waals surface area contributed by atoms with Crippen LogP contribution < -0.4 is 0 Å². The number of ether oxygens (including phenoxy) is 4. The van der Waals surface area contributed by atoms with Gasteiger partial charge in [-0.05, 0) is 68.7 Å². The summed E-state index contributed by atoms with van der Waals surface area (Å²) in [5.41, 5.74) is 7.15. The van der Waals surface area contributed by atoms with Gasteiger partial charge >= 0.3 is 7.57 Å². The molecule has 0 bridgehead atoms. The van der Waals surface area contributed by atoms with Crippen molar-refractivity contribution in [3.63, 3.8) is 0 Å². The molecule has 0 saturated carbocycles. The van der Waals surface area contributed by atoms with E-state index in [1.54, 1.807) is 0 Å². The van der Waals surface area contributed by atoms with Gasteiger partial charge in [-0.25, -0.2) is 0 Å². The summed E-state index contributed by atoms with van der Waals surface area (Å²) >= 11 is 0. The predicted octanol–water partition coefficient (Wildman–Crippen LogP) is 11.5. The predicted molar refractivity (Wildman–Crippen MR) is 230 cm³/mol. The Bertz CT molecular complexity index is 1410. The lowest BCUT2D eigenvalue weighted by atomic mass is 10.2. The number of hydrogen-bond acceptors (Lipinski definition) is 4. The van der Waals surface area contributed by atoms with Crippen LogP contribution >= 0.6 is 15.1 Å². The first-order chi connectivity index (χ1) is 25.7. The highest BCUT2D eigenvalue weighted by Gasteiger charge is 2.48. The van der Waals surface area contributed by atoms with E-state index in [9.17, 15) is 0 Å². The van der Waals surface area contributed by atoms with Crippen molar-refractivity contribution >= 4 is 22.6 Å². The molecule has 4 rings (SSSR count). The van der Waals surface area contributed by atoms with E-state index >= 15 is 0 Å². The van der Waals surface area contributed by atoms with E-state index in [0.29, 0.717) is 62.3 Å². The molecular weight excluding hydrogens is 689 g/mol. The van der Waals surface area contributed by atoms with E-state index in [2.05, 4.69) is 151 Å². The van der Waals surface area contributed by atoms with Gasteiger partial charge in [-0.1, -0.05) is 150 Å². The molecule has 6 atom stereocenters. The lowest BCUT2D eigenvalue weighted by molar-refractivity contribution is 0.117. The van der Waals surface area contributed by atoms with Crippen molar-refractivity contribution in [1.29, 1.82) is 0 Å². The van der Waals surface area contributed by atoms with Gasteiger partial charge in [0.15, 0.2) is 0 Å². The molecule has 4 nitrogen and oxygen atoms in total. The lowest BCUT2D eigenvalue weighted by Gasteiger charge is -2.41. The Labute approximate surface area is 325 Å². The van der Waals surface area contributed by atoms with Gasteiger partial charge < -0.3 is 18.9 Å². The first-order valence-electron chi connectivity index (χ1n) is 19.6. The highest BCUT2D eigenvalue weighted by atomic mass is 31.2. The number of benzene rings is 4. The lowest BCUT2D eigenvalue weighted by Crippen LogP contribution is -2.34. The number of hydrogen-bond donors (Lipinski definition) is 0. The molecule has 0 aliphatic carbocycles. The molecule has 53 heavy (non-hydrogen) atoms. The third kappa shape index (κ3) is 14.3. The van der Waals surface area contributed by atoms with Crippen LogP contribution in [-0.2, 0) is 45.4 Å². The van der Waals surface area contributed by atoms with Crippen LogP contribution in [0.5, 0.6) is 0 Å². The summed E-state index contributed by atoms with van der Waals surface area (Å²) in [7, 11) is 5.31. The van der Waals surface area contributed by atoms with Gasteiger partial charge in [0.1, 0.15) is 0 Å². The van der Waals surface area contributed by atoms with Crippen molar-refractivity contribution < 1.29 is 18.9 Å². The molecule has 0 amide bonds. The Morgan fingerprint density at radius 2 is 0.717 bits per heavy atom. The fraction of sp³-hybridized carbons (Fsp3) is 0.478. The topological polar surface area (TPSA) is 36.9 Å². The van der Waals surface area contributed by atoms with Crippen molar-refractivity contribution in [3.8, 4) is 0 Å². The smallest absolute Gasteiger partial charge is 0.366 e. The molecule has 0 aliphatic heterocycles. The Morgan fingerprint density at radius 1 is 0.415 bits per heavy atom. The summed E-state index contributed by atoms with van der Waals surface area (Å²) in [6, 6.07) is 41.9. The van der Waals surface area contributed by atoms with Gasteiger partial charge in [-0.15, -0.1) is 0 Å². The normalized spacial score (nSPS) is 15.5. The standard InChI is InChI=1S/C46H64BO4P2/c1-37(52(38(2)29-48-33-43-19-11-7-12-20-43)39(3)30-49-34-44-21-13-8-14-22-44)27-28-40(4)53(47,41(5)31-50-35-45-23-15-9-16-24-45)42(6)32-51-36-46-25-17-10-18-26-46/h7-26,37-42H,27-36H2,1-6H3/q+1/t37-,38+,39+,40-,41+,42+/m0/s1. The summed E-state index contributed by atoms with van der Waals surface area (Å²) in [4.78, 5) is 0. The van der Waals surface area contributed by atoms with Crippen LogP contribution in [-0.4, -0.2) is 67.9 Å². The minimum Gasteiger partial charge on any atom is -0.376 e. The van der Waals surface area contributed by atoms with Crippen molar-refractivity contribution in [3.05, 3.63) is 144 Å². The average molecular weight is 754 g/mol. The first kappa shape index (κ1) is 43.4. The molecule has 284 valence electrons. The van der Waals surface area contributed by atoms with Gasteiger partial charge in [-0.3, -0.25) is 0 Å². The summed E-state index contributed by atoms with van der Waals surface area (Å²) in [6.07, 6.45) is 2.22. The zero-order chi connectivity index (χ0) is 37.9. The van der Waals surface area contributed by atoms with Gasteiger partial charge in [0.05, 0.1) is 69.8 Å². The fourth-order valence-corrected chi connectivity index (χ4v) is 15.1. The van der Waals surface area contributed by atoms with Crippen molar-refractivity contribution in [1.82, 2.24) is 0 Å². The average Bonchev–Trinajstić information content (AvgIpc) is 3.18. The largest absolute Gasteiger partial charge is 0.376 e. The molecule has 0 fully saturated rings. The van der Waals surface area contributed by atoms with E-state index in [1.807, 2.05) is 12.1 Å². The molecule has 4 aromatic rings. The van der Waals surface area contributed by atoms with Gasteiger partial charge in [0, 0.05) is 11.3 Å². The Morgan fingerprint density at radius 3 is 1.04 bits per heavy atom. The van der Waals surface area contributed by atoms with E-state index in [1.165, 1.54) is 22.3 Å². The molecule has 0 heterocycles. The van der Waals surface area contributed by atoms with E-state index in [4.69, 9.17) is 26.5 Å². The van der Waals surface area contributed by atoms with E-state index in [0.717, 1.165) is 26.1 Å². The fourth-order valence-electron chi connectivity index (χ4n) is 7.58. The van der Waals surface area contributed by atoms with Crippen LogP contribution in [0.4, 0.5) is 0 Å². The summed E-state index contributed by atoms with van der Waals surface area (Å²) in [5, 5.41) is 0. The Hall–Kier alpha value is -2.36. The van der Waals surface area contributed by atoms with Crippen LogP contribution in [0.3, 0.4) is 0 Å². The molecule has 0 aliphatic rings. The van der Waals surface area contributed by atoms with Crippen molar-refractivity contribution in [2.24, 2.45) is 0 Å². The van der Waals surface area contributed by atoms with Crippen LogP contribution in [0.25, 0.3) is 0 Å². The molecular formula is C46H64BO4P2+. The zero-order valence-electron chi connectivity index (χ0n) is 33.2.